The van der Waals surface area contributed by atoms with Gasteiger partial charge in [0.2, 0.25) is 5.95 Å². The molecular formula is C11H10FN3. The molecule has 1 aromatic heterocycles. The molecule has 2 N–H and O–H groups in total. The Morgan fingerprint density at radius 1 is 1.27 bits per heavy atom. The zero-order valence-corrected chi connectivity index (χ0v) is 8.24. The molecule has 76 valence electrons. The summed E-state index contributed by atoms with van der Waals surface area (Å²) in [6.45, 7) is 1.82. The van der Waals surface area contributed by atoms with Crippen LogP contribution in [-0.4, -0.2) is 9.97 Å². The second-order valence-electron chi connectivity index (χ2n) is 3.24. The Hall–Kier alpha value is -1.97. The first-order chi connectivity index (χ1) is 7.18. The minimum Gasteiger partial charge on any atom is -0.368 e. The van der Waals surface area contributed by atoms with Crippen molar-refractivity contribution in [1.29, 1.82) is 0 Å². The van der Waals surface area contributed by atoms with Crippen molar-refractivity contribution in [1.82, 2.24) is 9.97 Å². The highest BCUT2D eigenvalue weighted by Crippen LogP contribution is 2.23. The number of rotatable bonds is 1. The lowest BCUT2D eigenvalue weighted by Crippen LogP contribution is -1.99. The third-order valence-electron chi connectivity index (χ3n) is 2.12. The highest BCUT2D eigenvalue weighted by molar-refractivity contribution is 5.63. The first-order valence-corrected chi connectivity index (χ1v) is 4.52. The molecule has 0 unspecified atom stereocenters. The topological polar surface area (TPSA) is 51.8 Å². The molecule has 0 radical (unpaired) electrons. The van der Waals surface area contributed by atoms with E-state index in [0.717, 1.165) is 5.56 Å². The second-order valence-corrected chi connectivity index (χ2v) is 3.24. The summed E-state index contributed by atoms with van der Waals surface area (Å²) < 4.78 is 13.5. The van der Waals surface area contributed by atoms with E-state index in [-0.39, 0.29) is 11.8 Å². The van der Waals surface area contributed by atoms with Gasteiger partial charge < -0.3 is 5.73 Å². The van der Waals surface area contributed by atoms with Crippen molar-refractivity contribution in [2.45, 2.75) is 6.92 Å². The second kappa shape index (κ2) is 3.65. The van der Waals surface area contributed by atoms with Gasteiger partial charge >= 0.3 is 0 Å². The smallest absolute Gasteiger partial charge is 0.220 e. The first-order valence-electron chi connectivity index (χ1n) is 4.52. The van der Waals surface area contributed by atoms with Crippen LogP contribution in [0, 0.1) is 12.7 Å². The summed E-state index contributed by atoms with van der Waals surface area (Å²) in [6.07, 6.45) is 1.59. The Morgan fingerprint density at radius 2 is 2.00 bits per heavy atom. The predicted octanol–water partition coefficient (Wildman–Crippen LogP) is 2.17. The number of hydrogen-bond donors (Lipinski definition) is 1. The van der Waals surface area contributed by atoms with Gasteiger partial charge in [0, 0.05) is 11.8 Å². The Kier molecular flexibility index (Phi) is 2.33. The van der Waals surface area contributed by atoms with Crippen LogP contribution in [0.15, 0.2) is 30.5 Å². The molecule has 0 aliphatic rings. The zero-order chi connectivity index (χ0) is 10.8. The minimum absolute atomic E-state index is 0.152. The molecule has 0 saturated carbocycles. The number of aryl methyl sites for hydroxylation is 1. The van der Waals surface area contributed by atoms with Gasteiger partial charge in [0.05, 0.1) is 5.69 Å². The lowest BCUT2D eigenvalue weighted by Gasteiger charge is -2.05. The van der Waals surface area contributed by atoms with Crippen LogP contribution in [0.25, 0.3) is 11.3 Å². The third-order valence-corrected chi connectivity index (χ3v) is 2.12. The van der Waals surface area contributed by atoms with E-state index in [0.29, 0.717) is 11.3 Å². The fourth-order valence-electron chi connectivity index (χ4n) is 1.38. The molecule has 4 heteroatoms. The van der Waals surface area contributed by atoms with Crippen molar-refractivity contribution in [3.63, 3.8) is 0 Å². The van der Waals surface area contributed by atoms with Gasteiger partial charge in [0.1, 0.15) is 5.82 Å². The number of nitrogens with zero attached hydrogens (tertiary/aromatic N) is 2. The van der Waals surface area contributed by atoms with Crippen LogP contribution in [0.5, 0.6) is 0 Å². The van der Waals surface area contributed by atoms with Gasteiger partial charge in [0.25, 0.3) is 0 Å². The molecule has 0 aliphatic heterocycles. The average molecular weight is 203 g/mol. The van der Waals surface area contributed by atoms with Crippen LogP contribution >= 0.6 is 0 Å². The molecule has 3 nitrogen and oxygen atoms in total. The molecule has 0 amide bonds. The van der Waals surface area contributed by atoms with E-state index in [1.807, 2.05) is 6.92 Å². The van der Waals surface area contributed by atoms with Crippen LogP contribution in [0.1, 0.15) is 5.56 Å². The van der Waals surface area contributed by atoms with Crippen LogP contribution in [0.3, 0.4) is 0 Å². The number of nitrogen functional groups attached to an aromatic ring is 1. The maximum Gasteiger partial charge on any atom is 0.220 e. The molecular weight excluding hydrogens is 193 g/mol. The SMILES string of the molecule is Cc1cnc(N)nc1-c1ccccc1F. The predicted molar refractivity (Wildman–Crippen MR) is 56.6 cm³/mol. The number of aromatic nitrogens is 2. The molecule has 15 heavy (non-hydrogen) atoms. The maximum absolute atomic E-state index is 13.5. The fraction of sp³-hybridized carbons (Fsp3) is 0.0909. The van der Waals surface area contributed by atoms with Crippen LogP contribution in [0.2, 0.25) is 0 Å². The summed E-state index contributed by atoms with van der Waals surface area (Å²) in [4.78, 5) is 7.87. The largest absolute Gasteiger partial charge is 0.368 e. The molecule has 0 bridgehead atoms. The Balaban J connectivity index is 2.64. The van der Waals surface area contributed by atoms with E-state index >= 15 is 0 Å². The standard InChI is InChI=1S/C11H10FN3/c1-7-6-14-11(13)15-10(7)8-4-2-3-5-9(8)12/h2-6H,1H3,(H2,13,14,15). The molecule has 1 aromatic carbocycles. The molecule has 0 saturated heterocycles. The van der Waals surface area contributed by atoms with Gasteiger partial charge in [-0.15, -0.1) is 0 Å². The molecule has 0 atom stereocenters. The summed E-state index contributed by atoms with van der Waals surface area (Å²) >= 11 is 0. The average Bonchev–Trinajstić information content (AvgIpc) is 2.23. The Bertz CT molecular complexity index is 497. The van der Waals surface area contributed by atoms with Crippen LogP contribution < -0.4 is 5.73 Å². The normalized spacial score (nSPS) is 10.3. The quantitative estimate of drug-likeness (QED) is 0.772. The van der Waals surface area contributed by atoms with Crippen molar-refractivity contribution in [3.05, 3.63) is 41.8 Å². The lowest BCUT2D eigenvalue weighted by atomic mass is 10.1. The first kappa shape index (κ1) is 9.58. The zero-order valence-electron chi connectivity index (χ0n) is 8.24. The highest BCUT2D eigenvalue weighted by Gasteiger charge is 2.09. The minimum atomic E-state index is -0.307. The van der Waals surface area contributed by atoms with Gasteiger partial charge in [-0.05, 0) is 24.6 Å². The Morgan fingerprint density at radius 3 is 2.73 bits per heavy atom. The summed E-state index contributed by atoms with van der Waals surface area (Å²) in [5.41, 5.74) is 7.26. The van der Waals surface area contributed by atoms with E-state index in [9.17, 15) is 4.39 Å². The van der Waals surface area contributed by atoms with Gasteiger partial charge in [-0.25, -0.2) is 14.4 Å². The number of hydrogen-bond acceptors (Lipinski definition) is 3. The van der Waals surface area contributed by atoms with Crippen LogP contribution in [0.4, 0.5) is 10.3 Å². The van der Waals surface area contributed by atoms with Crippen molar-refractivity contribution >= 4 is 5.95 Å². The van der Waals surface area contributed by atoms with Crippen molar-refractivity contribution < 1.29 is 4.39 Å². The highest BCUT2D eigenvalue weighted by atomic mass is 19.1. The van der Waals surface area contributed by atoms with E-state index in [4.69, 9.17) is 5.73 Å². The lowest BCUT2D eigenvalue weighted by molar-refractivity contribution is 0.630. The summed E-state index contributed by atoms with van der Waals surface area (Å²) in [6, 6.07) is 6.46. The molecule has 0 fully saturated rings. The molecule has 2 rings (SSSR count). The van der Waals surface area contributed by atoms with Crippen LogP contribution in [-0.2, 0) is 0 Å². The number of halogens is 1. The van der Waals surface area contributed by atoms with Crippen molar-refractivity contribution in [3.8, 4) is 11.3 Å². The monoisotopic (exact) mass is 203 g/mol. The van der Waals surface area contributed by atoms with Gasteiger partial charge in [-0.1, -0.05) is 12.1 Å². The molecule has 0 aliphatic carbocycles. The number of benzene rings is 1. The van der Waals surface area contributed by atoms with E-state index < -0.39 is 0 Å². The Labute approximate surface area is 86.8 Å². The summed E-state index contributed by atoms with van der Waals surface area (Å²) in [7, 11) is 0. The molecule has 0 spiro atoms. The summed E-state index contributed by atoms with van der Waals surface area (Å²) in [5, 5.41) is 0. The summed E-state index contributed by atoms with van der Waals surface area (Å²) in [5.74, 6) is -0.155. The number of anilines is 1. The maximum atomic E-state index is 13.5. The van der Waals surface area contributed by atoms with E-state index in [2.05, 4.69) is 9.97 Å². The van der Waals surface area contributed by atoms with E-state index in [1.165, 1.54) is 6.07 Å². The van der Waals surface area contributed by atoms with Crippen molar-refractivity contribution in [2.24, 2.45) is 0 Å². The van der Waals surface area contributed by atoms with Gasteiger partial charge in [-0.2, -0.15) is 0 Å². The number of nitrogens with two attached hydrogens (primary N) is 1. The van der Waals surface area contributed by atoms with Gasteiger partial charge in [-0.3, -0.25) is 0 Å². The van der Waals surface area contributed by atoms with Gasteiger partial charge in [0.15, 0.2) is 0 Å². The fourth-order valence-corrected chi connectivity index (χ4v) is 1.38. The molecule has 2 aromatic rings. The van der Waals surface area contributed by atoms with Crippen molar-refractivity contribution in [2.75, 3.05) is 5.73 Å². The van der Waals surface area contributed by atoms with E-state index in [1.54, 1.807) is 24.4 Å². The third kappa shape index (κ3) is 1.79. The molecule has 1 heterocycles.